The minimum Gasteiger partial charge on any atom is -0.124 e. The summed E-state index contributed by atoms with van der Waals surface area (Å²) in [5, 5.41) is 0. The van der Waals surface area contributed by atoms with E-state index >= 15 is 0 Å². The quantitative estimate of drug-likeness (QED) is 0.343. The molecule has 0 aliphatic rings. The van der Waals surface area contributed by atoms with Gasteiger partial charge in [0.2, 0.25) is 0 Å². The van der Waals surface area contributed by atoms with Crippen molar-refractivity contribution in [2.24, 2.45) is 0 Å². The van der Waals surface area contributed by atoms with Gasteiger partial charge in [-0.3, -0.25) is 0 Å². The van der Waals surface area contributed by atoms with E-state index in [4.69, 9.17) is 0 Å². The summed E-state index contributed by atoms with van der Waals surface area (Å²) in [6, 6.07) is 0. The predicted molar refractivity (Wildman–Crippen MR) is 85.7 cm³/mol. The predicted octanol–water partition coefficient (Wildman–Crippen LogP) is 6.19. The molecule has 0 saturated heterocycles. The van der Waals surface area contributed by atoms with Crippen molar-refractivity contribution in [2.75, 3.05) is 0 Å². The zero-order valence-electron chi connectivity index (χ0n) is 13.4. The largest absolute Gasteiger partial charge is 0.124 e. The fraction of sp³-hybridized carbons (Fsp3) is 0.625. The van der Waals surface area contributed by atoms with Gasteiger partial charge in [-0.15, -0.1) is 38.3 Å². The molecule has 0 heteroatoms. The summed E-state index contributed by atoms with van der Waals surface area (Å²) in [6.07, 6.45) is 13.8. The molecule has 0 fully saturated rings. The maximum atomic E-state index is 4.60. The molecule has 0 aliphatic carbocycles. The molecular weight excluding hydrogens is 192 g/mol. The van der Waals surface area contributed by atoms with Crippen LogP contribution in [0.2, 0.25) is 0 Å². The van der Waals surface area contributed by atoms with Gasteiger partial charge in [0.1, 0.15) is 0 Å². The number of terminal acetylenes is 2. The van der Waals surface area contributed by atoms with Crippen LogP contribution in [-0.2, 0) is 0 Å². The molecule has 0 aromatic carbocycles. The first kappa shape index (κ1) is 46.2. The van der Waals surface area contributed by atoms with Gasteiger partial charge in [0.15, 0.2) is 0 Å². The molecule has 0 N–H and O–H groups in total. The standard InChI is InChI=1S/C3H8.C3H4.3C2H6.C2H4.C2H2/c2*1-3-2;5*1-2/h3H2,1-2H3;1H,2H3;3*1-2H3;1-2H2;1-2H. The van der Waals surface area contributed by atoms with Crippen molar-refractivity contribution in [1.82, 2.24) is 0 Å². The summed E-state index contributed by atoms with van der Waals surface area (Å²) >= 11 is 0. The molecule has 0 nitrogen and oxygen atoms in total. The Bertz CT molecular complexity index is 61.8. The maximum absolute atomic E-state index is 4.60. The average molecular weight is 228 g/mol. The monoisotopic (exact) mass is 228 g/mol. The molecule has 0 spiro atoms. The molecule has 0 saturated carbocycles. The normalized spacial score (nSPS) is 3.12. The van der Waals surface area contributed by atoms with E-state index in [9.17, 15) is 0 Å². The van der Waals surface area contributed by atoms with Gasteiger partial charge in [0.05, 0.1) is 0 Å². The van der Waals surface area contributed by atoms with Gasteiger partial charge in [0, 0.05) is 0 Å². The molecular formula is C16H36. The zero-order valence-corrected chi connectivity index (χ0v) is 13.4. The lowest BCUT2D eigenvalue weighted by Gasteiger charge is -1.48. The molecule has 0 heterocycles. The number of hydrogen-bond acceptors (Lipinski definition) is 0. The lowest BCUT2D eigenvalue weighted by atomic mass is 10.6. The van der Waals surface area contributed by atoms with Crippen LogP contribution in [-0.4, -0.2) is 0 Å². The third kappa shape index (κ3) is 1390. The fourth-order valence-corrected chi connectivity index (χ4v) is 0. The van der Waals surface area contributed by atoms with Crippen LogP contribution in [0.3, 0.4) is 0 Å². The Balaban J connectivity index is -0.0000000120. The molecule has 0 amide bonds. The SMILES string of the molecule is C#C.C#CC.C=C.CC.CC.CC.CCC. The summed E-state index contributed by atoms with van der Waals surface area (Å²) in [6.45, 7) is 23.9. The van der Waals surface area contributed by atoms with Crippen LogP contribution >= 0.6 is 0 Å². The van der Waals surface area contributed by atoms with Crippen molar-refractivity contribution in [2.45, 2.75) is 68.7 Å². The van der Waals surface area contributed by atoms with E-state index in [1.165, 1.54) is 6.42 Å². The second-order valence-corrected chi connectivity index (χ2v) is 0.996. The Morgan fingerprint density at radius 1 is 0.812 bits per heavy atom. The van der Waals surface area contributed by atoms with Crippen LogP contribution in [0.1, 0.15) is 68.7 Å². The highest BCUT2D eigenvalue weighted by Gasteiger charge is 1.35. The Hall–Kier alpha value is -1.14. The Morgan fingerprint density at radius 3 is 0.812 bits per heavy atom. The van der Waals surface area contributed by atoms with Crippen molar-refractivity contribution < 1.29 is 0 Å². The maximum Gasteiger partial charge on any atom is -0.00297 e. The van der Waals surface area contributed by atoms with Crippen LogP contribution in [0, 0.1) is 25.2 Å². The van der Waals surface area contributed by atoms with Crippen molar-refractivity contribution >= 4 is 0 Å². The molecule has 0 aliphatic heterocycles. The summed E-state index contributed by atoms with van der Waals surface area (Å²) in [5.74, 6) is 2.25. The van der Waals surface area contributed by atoms with Crippen LogP contribution in [0.5, 0.6) is 0 Å². The topological polar surface area (TPSA) is 0 Å². The van der Waals surface area contributed by atoms with E-state index in [0.717, 1.165) is 0 Å². The van der Waals surface area contributed by atoms with Crippen LogP contribution in [0.25, 0.3) is 0 Å². The first-order chi connectivity index (χ1) is 7.83. The lowest BCUT2D eigenvalue weighted by molar-refractivity contribution is 1.09. The molecule has 0 atom stereocenters. The highest BCUT2D eigenvalue weighted by atomic mass is 13.4. The van der Waals surface area contributed by atoms with E-state index in [1.807, 2.05) is 41.5 Å². The third-order valence-electron chi connectivity index (χ3n) is 0. The van der Waals surface area contributed by atoms with Gasteiger partial charge in [0.25, 0.3) is 0 Å². The molecule has 16 heavy (non-hydrogen) atoms. The first-order valence-corrected chi connectivity index (χ1v) is 6.04. The Kier molecular flexibility index (Phi) is 8950. The van der Waals surface area contributed by atoms with Gasteiger partial charge < -0.3 is 0 Å². The summed E-state index contributed by atoms with van der Waals surface area (Å²) in [4.78, 5) is 0. The molecule has 0 rings (SSSR count). The zero-order chi connectivity index (χ0) is 15.4. The minimum atomic E-state index is 1.25. The highest BCUT2D eigenvalue weighted by molar-refractivity contribution is 4.73. The second-order valence-electron chi connectivity index (χ2n) is 0.996. The third-order valence-corrected chi connectivity index (χ3v) is 0. The van der Waals surface area contributed by atoms with Gasteiger partial charge in [-0.25, -0.2) is 0 Å². The van der Waals surface area contributed by atoms with E-state index in [2.05, 4.69) is 52.2 Å². The Morgan fingerprint density at radius 2 is 0.812 bits per heavy atom. The van der Waals surface area contributed by atoms with E-state index in [-0.39, 0.29) is 0 Å². The number of rotatable bonds is 0. The van der Waals surface area contributed by atoms with Crippen molar-refractivity contribution in [3.63, 3.8) is 0 Å². The molecule has 0 bridgehead atoms. The van der Waals surface area contributed by atoms with Crippen molar-refractivity contribution in [3.8, 4) is 25.2 Å². The fourth-order valence-electron chi connectivity index (χ4n) is 0. The molecule has 0 aromatic rings. The van der Waals surface area contributed by atoms with Gasteiger partial charge in [-0.05, 0) is 6.92 Å². The van der Waals surface area contributed by atoms with E-state index in [1.54, 1.807) is 6.92 Å². The second kappa shape index (κ2) is 3100. The van der Waals surface area contributed by atoms with Gasteiger partial charge >= 0.3 is 0 Å². The van der Waals surface area contributed by atoms with Crippen molar-refractivity contribution in [1.29, 1.82) is 0 Å². The van der Waals surface area contributed by atoms with Crippen LogP contribution in [0.4, 0.5) is 0 Å². The van der Waals surface area contributed by atoms with Crippen LogP contribution < -0.4 is 0 Å². The average Bonchev–Trinajstić information content (AvgIpc) is 2.42. The highest BCUT2D eigenvalue weighted by Crippen LogP contribution is 1.56. The van der Waals surface area contributed by atoms with E-state index in [0.29, 0.717) is 0 Å². The minimum absolute atomic E-state index is 1.25. The lowest BCUT2D eigenvalue weighted by Crippen LogP contribution is -1.27. The van der Waals surface area contributed by atoms with Gasteiger partial charge in [-0.2, -0.15) is 0 Å². The summed E-state index contributed by atoms with van der Waals surface area (Å²) in [5.41, 5.74) is 0. The smallest absolute Gasteiger partial charge is 0.00297 e. The van der Waals surface area contributed by atoms with E-state index < -0.39 is 0 Å². The Labute approximate surface area is 108 Å². The molecule has 0 unspecified atom stereocenters. The molecule has 0 aromatic heterocycles. The summed E-state index contributed by atoms with van der Waals surface area (Å²) in [7, 11) is 0. The van der Waals surface area contributed by atoms with Crippen molar-refractivity contribution in [3.05, 3.63) is 13.2 Å². The molecule has 100 valence electrons. The van der Waals surface area contributed by atoms with Gasteiger partial charge in [-0.1, -0.05) is 61.8 Å². The summed E-state index contributed by atoms with van der Waals surface area (Å²) < 4.78 is 0. The first-order valence-electron chi connectivity index (χ1n) is 6.04. The molecule has 0 radical (unpaired) electrons. The van der Waals surface area contributed by atoms with Crippen LogP contribution in [0.15, 0.2) is 13.2 Å². The number of hydrogen-bond donors (Lipinski definition) is 0.